The third-order valence-corrected chi connectivity index (χ3v) is 4.32. The molecule has 0 atom stereocenters. The van der Waals surface area contributed by atoms with Crippen LogP contribution < -0.4 is 0 Å². The zero-order valence-corrected chi connectivity index (χ0v) is 13.6. The molecule has 0 aromatic carbocycles. The van der Waals surface area contributed by atoms with E-state index in [4.69, 9.17) is 0 Å². The van der Waals surface area contributed by atoms with E-state index in [9.17, 15) is 4.79 Å². The number of aromatic amines is 1. The number of nitrogens with zero attached hydrogens (tertiary/aromatic N) is 4. The van der Waals surface area contributed by atoms with Crippen LogP contribution in [0.2, 0.25) is 0 Å². The van der Waals surface area contributed by atoms with Crippen molar-refractivity contribution in [3.05, 3.63) is 11.6 Å². The second-order valence-electron chi connectivity index (χ2n) is 5.94. The number of rotatable bonds is 5. The van der Waals surface area contributed by atoms with Crippen molar-refractivity contribution in [2.45, 2.75) is 52.5 Å². The predicted molar refractivity (Wildman–Crippen MR) is 82.3 cm³/mol. The second kappa shape index (κ2) is 7.02. The standard InChI is InChI=1S/C15H27N5O/c1-5-19(6-2)12-7-9-20(10-8-12)15(21)14-16-13(11(3)4)17-18-14/h11-12H,5-10H2,1-4H3,(H,16,17,18). The molecule has 1 amide bonds. The zero-order chi connectivity index (χ0) is 15.4. The smallest absolute Gasteiger partial charge is 0.293 e. The van der Waals surface area contributed by atoms with Crippen LogP contribution in [0.5, 0.6) is 0 Å². The van der Waals surface area contributed by atoms with Gasteiger partial charge in [0.15, 0.2) is 0 Å². The highest BCUT2D eigenvalue weighted by atomic mass is 16.2. The highest BCUT2D eigenvalue weighted by Crippen LogP contribution is 2.18. The lowest BCUT2D eigenvalue weighted by Gasteiger charge is -2.37. The minimum atomic E-state index is -0.0452. The summed E-state index contributed by atoms with van der Waals surface area (Å²) < 4.78 is 0. The Morgan fingerprint density at radius 3 is 2.43 bits per heavy atom. The van der Waals surface area contributed by atoms with E-state index in [1.807, 2.05) is 18.7 Å². The molecule has 0 unspecified atom stereocenters. The van der Waals surface area contributed by atoms with Crippen molar-refractivity contribution in [3.8, 4) is 0 Å². The molecule has 2 heterocycles. The summed E-state index contributed by atoms with van der Waals surface area (Å²) in [4.78, 5) is 21.1. The fourth-order valence-corrected chi connectivity index (χ4v) is 2.94. The lowest BCUT2D eigenvalue weighted by Crippen LogP contribution is -2.46. The summed E-state index contributed by atoms with van der Waals surface area (Å²) in [5.41, 5.74) is 0. The Morgan fingerprint density at radius 2 is 1.95 bits per heavy atom. The molecular formula is C15H27N5O. The Bertz CT molecular complexity index is 458. The Labute approximate surface area is 126 Å². The molecule has 1 aromatic heterocycles. The normalized spacial score (nSPS) is 17.0. The maximum absolute atomic E-state index is 12.4. The summed E-state index contributed by atoms with van der Waals surface area (Å²) in [7, 11) is 0. The largest absolute Gasteiger partial charge is 0.336 e. The van der Waals surface area contributed by atoms with Gasteiger partial charge in [0, 0.05) is 25.0 Å². The number of carbonyl (C=O) groups excluding carboxylic acids is 1. The summed E-state index contributed by atoms with van der Waals surface area (Å²) in [5, 5.41) is 6.91. The van der Waals surface area contributed by atoms with E-state index in [1.165, 1.54) is 0 Å². The van der Waals surface area contributed by atoms with E-state index < -0.39 is 0 Å². The summed E-state index contributed by atoms with van der Waals surface area (Å²) in [6.45, 7) is 12.2. The molecule has 2 rings (SSSR count). The molecule has 118 valence electrons. The van der Waals surface area contributed by atoms with Gasteiger partial charge < -0.3 is 9.80 Å². The van der Waals surface area contributed by atoms with Crippen LogP contribution in [0.25, 0.3) is 0 Å². The Hall–Kier alpha value is -1.43. The van der Waals surface area contributed by atoms with E-state index in [0.29, 0.717) is 11.9 Å². The van der Waals surface area contributed by atoms with Crippen LogP contribution in [0, 0.1) is 0 Å². The maximum Gasteiger partial charge on any atom is 0.293 e. The van der Waals surface area contributed by atoms with Crippen LogP contribution >= 0.6 is 0 Å². The quantitative estimate of drug-likeness (QED) is 0.900. The van der Waals surface area contributed by atoms with Crippen molar-refractivity contribution >= 4 is 5.91 Å². The fourth-order valence-electron chi connectivity index (χ4n) is 2.94. The Morgan fingerprint density at radius 1 is 1.33 bits per heavy atom. The molecule has 1 saturated heterocycles. The molecule has 0 bridgehead atoms. The van der Waals surface area contributed by atoms with Crippen molar-refractivity contribution in [2.24, 2.45) is 0 Å². The van der Waals surface area contributed by atoms with Gasteiger partial charge in [-0.15, -0.1) is 5.10 Å². The van der Waals surface area contributed by atoms with Gasteiger partial charge in [0.25, 0.3) is 5.91 Å². The Balaban J connectivity index is 1.93. The van der Waals surface area contributed by atoms with Crippen molar-refractivity contribution in [1.29, 1.82) is 0 Å². The van der Waals surface area contributed by atoms with E-state index in [0.717, 1.165) is 44.8 Å². The van der Waals surface area contributed by atoms with Gasteiger partial charge in [-0.05, 0) is 25.9 Å². The van der Waals surface area contributed by atoms with Crippen molar-refractivity contribution in [3.63, 3.8) is 0 Å². The SMILES string of the molecule is CCN(CC)C1CCN(C(=O)c2n[nH]c(C(C)C)n2)CC1. The van der Waals surface area contributed by atoms with Crippen LogP contribution in [-0.2, 0) is 0 Å². The molecule has 0 saturated carbocycles. The average Bonchev–Trinajstić information content (AvgIpc) is 2.98. The first-order chi connectivity index (χ1) is 10.1. The average molecular weight is 293 g/mol. The number of carbonyl (C=O) groups is 1. The van der Waals surface area contributed by atoms with E-state index in [2.05, 4.69) is 33.9 Å². The third kappa shape index (κ3) is 3.61. The Kier molecular flexibility index (Phi) is 5.33. The molecule has 0 spiro atoms. The maximum atomic E-state index is 12.4. The first-order valence-electron chi connectivity index (χ1n) is 8.02. The first-order valence-corrected chi connectivity index (χ1v) is 8.02. The number of nitrogens with one attached hydrogen (secondary N) is 1. The molecular weight excluding hydrogens is 266 g/mol. The monoisotopic (exact) mass is 293 g/mol. The van der Waals surface area contributed by atoms with Crippen LogP contribution in [0.4, 0.5) is 0 Å². The van der Waals surface area contributed by atoms with Crippen molar-refractivity contribution < 1.29 is 4.79 Å². The fraction of sp³-hybridized carbons (Fsp3) is 0.800. The van der Waals surface area contributed by atoms with E-state index >= 15 is 0 Å². The number of hydrogen-bond acceptors (Lipinski definition) is 4. The lowest BCUT2D eigenvalue weighted by atomic mass is 10.0. The summed E-state index contributed by atoms with van der Waals surface area (Å²) in [6.07, 6.45) is 2.07. The van der Waals surface area contributed by atoms with Crippen molar-refractivity contribution in [2.75, 3.05) is 26.2 Å². The molecule has 1 aliphatic heterocycles. The molecule has 6 heteroatoms. The number of hydrogen-bond donors (Lipinski definition) is 1. The number of piperidine rings is 1. The third-order valence-electron chi connectivity index (χ3n) is 4.32. The molecule has 1 aromatic rings. The van der Waals surface area contributed by atoms with Gasteiger partial charge in [0.1, 0.15) is 5.82 Å². The predicted octanol–water partition coefficient (Wildman–Crippen LogP) is 1.87. The van der Waals surface area contributed by atoms with Gasteiger partial charge in [-0.25, -0.2) is 4.98 Å². The minimum Gasteiger partial charge on any atom is -0.336 e. The van der Waals surface area contributed by atoms with Gasteiger partial charge >= 0.3 is 0 Å². The summed E-state index contributed by atoms with van der Waals surface area (Å²) in [6, 6.07) is 0.599. The van der Waals surface area contributed by atoms with E-state index in [-0.39, 0.29) is 11.8 Å². The summed E-state index contributed by atoms with van der Waals surface area (Å²) in [5.74, 6) is 1.29. The summed E-state index contributed by atoms with van der Waals surface area (Å²) >= 11 is 0. The highest BCUT2D eigenvalue weighted by Gasteiger charge is 2.28. The van der Waals surface area contributed by atoms with Crippen LogP contribution in [0.3, 0.4) is 0 Å². The van der Waals surface area contributed by atoms with Crippen LogP contribution in [-0.4, -0.2) is 63.1 Å². The van der Waals surface area contributed by atoms with Gasteiger partial charge in [-0.3, -0.25) is 9.89 Å². The first kappa shape index (κ1) is 15.9. The van der Waals surface area contributed by atoms with Crippen LogP contribution in [0.1, 0.15) is 62.9 Å². The molecule has 21 heavy (non-hydrogen) atoms. The highest BCUT2D eigenvalue weighted by molar-refractivity contribution is 5.90. The van der Waals surface area contributed by atoms with Crippen LogP contribution in [0.15, 0.2) is 0 Å². The van der Waals surface area contributed by atoms with Gasteiger partial charge in [0.05, 0.1) is 0 Å². The van der Waals surface area contributed by atoms with E-state index in [1.54, 1.807) is 0 Å². The lowest BCUT2D eigenvalue weighted by molar-refractivity contribution is 0.0620. The number of amides is 1. The van der Waals surface area contributed by atoms with Crippen molar-refractivity contribution in [1.82, 2.24) is 25.0 Å². The molecule has 0 radical (unpaired) electrons. The topological polar surface area (TPSA) is 65.1 Å². The number of H-pyrrole nitrogens is 1. The van der Waals surface area contributed by atoms with Gasteiger partial charge in [-0.2, -0.15) is 0 Å². The molecule has 1 fully saturated rings. The molecule has 0 aliphatic carbocycles. The molecule has 1 aliphatic rings. The zero-order valence-electron chi connectivity index (χ0n) is 13.6. The van der Waals surface area contributed by atoms with Gasteiger partial charge in [-0.1, -0.05) is 27.7 Å². The van der Waals surface area contributed by atoms with Gasteiger partial charge in [0.2, 0.25) is 5.82 Å². The minimum absolute atomic E-state index is 0.0452. The molecule has 6 nitrogen and oxygen atoms in total. The number of likely N-dealkylation sites (tertiary alicyclic amines) is 1. The molecule has 1 N–H and O–H groups in total. The number of aromatic nitrogens is 3. The second-order valence-corrected chi connectivity index (χ2v) is 5.94.